The summed E-state index contributed by atoms with van der Waals surface area (Å²) in [6.45, 7) is 3.91. The Morgan fingerprint density at radius 2 is 1.81 bits per heavy atom. The number of rotatable bonds is 5. The van der Waals surface area contributed by atoms with E-state index in [9.17, 15) is 9.59 Å². The lowest BCUT2D eigenvalue weighted by molar-refractivity contribution is -0.144. The molecular weight excluding hydrogens is 352 g/mol. The number of aryl methyl sites for hydroxylation is 1. The van der Waals surface area contributed by atoms with Gasteiger partial charge in [-0.15, -0.1) is 0 Å². The van der Waals surface area contributed by atoms with Gasteiger partial charge in [-0.05, 0) is 43.4 Å². The van der Waals surface area contributed by atoms with Gasteiger partial charge < -0.3 is 14.5 Å². The molecule has 2 saturated heterocycles. The minimum atomic E-state index is -0.0536. The van der Waals surface area contributed by atoms with Crippen LogP contribution in [0.2, 0.25) is 5.02 Å². The fourth-order valence-corrected chi connectivity index (χ4v) is 3.83. The fourth-order valence-electron chi connectivity index (χ4n) is 3.70. The van der Waals surface area contributed by atoms with Crippen molar-refractivity contribution in [3.05, 3.63) is 34.9 Å². The highest BCUT2D eigenvalue weighted by Crippen LogP contribution is 2.21. The highest BCUT2D eigenvalue weighted by Gasteiger charge is 2.31. The van der Waals surface area contributed by atoms with Gasteiger partial charge in [0.1, 0.15) is 0 Å². The molecule has 2 aliphatic heterocycles. The summed E-state index contributed by atoms with van der Waals surface area (Å²) in [5.41, 5.74) is 1.20. The average Bonchev–Trinajstić information content (AvgIpc) is 2.69. The molecule has 0 aromatic heterocycles. The summed E-state index contributed by atoms with van der Waals surface area (Å²) in [5.74, 6) is 0.299. The lowest BCUT2D eigenvalue weighted by atomic mass is 9.95. The fraction of sp³-hybridized carbons (Fsp3) is 0.600. The largest absolute Gasteiger partial charge is 0.378 e. The predicted octanol–water partition coefficient (Wildman–Crippen LogP) is 2.76. The second kappa shape index (κ2) is 9.38. The van der Waals surface area contributed by atoms with Gasteiger partial charge in [-0.25, -0.2) is 0 Å². The van der Waals surface area contributed by atoms with Crippen molar-refractivity contribution in [1.29, 1.82) is 0 Å². The van der Waals surface area contributed by atoms with Crippen LogP contribution in [0.4, 0.5) is 0 Å². The molecule has 142 valence electrons. The van der Waals surface area contributed by atoms with Crippen LogP contribution in [0.15, 0.2) is 24.3 Å². The van der Waals surface area contributed by atoms with E-state index in [1.165, 1.54) is 5.56 Å². The van der Waals surface area contributed by atoms with Gasteiger partial charge in [-0.2, -0.15) is 0 Å². The quantitative estimate of drug-likeness (QED) is 0.791. The third kappa shape index (κ3) is 5.21. The zero-order valence-electron chi connectivity index (χ0n) is 15.2. The van der Waals surface area contributed by atoms with Crippen molar-refractivity contribution < 1.29 is 14.3 Å². The molecule has 0 radical (unpaired) electrons. The Hall–Kier alpha value is -1.59. The molecule has 6 heteroatoms. The van der Waals surface area contributed by atoms with Crippen LogP contribution in [0.25, 0.3) is 0 Å². The van der Waals surface area contributed by atoms with E-state index in [1.54, 1.807) is 0 Å². The maximum Gasteiger partial charge on any atom is 0.227 e. The Kier molecular flexibility index (Phi) is 6.92. The number of piperidine rings is 1. The lowest BCUT2D eigenvalue weighted by Gasteiger charge is -2.36. The molecule has 1 unspecified atom stereocenters. The number of carbonyl (C=O) groups excluding carboxylic acids is 2. The van der Waals surface area contributed by atoms with Crippen molar-refractivity contribution in [1.82, 2.24) is 9.80 Å². The molecule has 26 heavy (non-hydrogen) atoms. The topological polar surface area (TPSA) is 49.9 Å². The third-order valence-corrected chi connectivity index (χ3v) is 5.47. The molecular formula is C20H27ClN2O3. The van der Waals surface area contributed by atoms with Gasteiger partial charge in [-0.1, -0.05) is 23.7 Å². The molecule has 0 aliphatic carbocycles. The highest BCUT2D eigenvalue weighted by atomic mass is 35.5. The van der Waals surface area contributed by atoms with Gasteiger partial charge >= 0.3 is 0 Å². The van der Waals surface area contributed by atoms with E-state index in [4.69, 9.17) is 16.3 Å². The number of hydrogen-bond acceptors (Lipinski definition) is 3. The third-order valence-electron chi connectivity index (χ3n) is 5.22. The minimum Gasteiger partial charge on any atom is -0.378 e. The van der Waals surface area contributed by atoms with Crippen LogP contribution >= 0.6 is 11.6 Å². The van der Waals surface area contributed by atoms with E-state index in [0.29, 0.717) is 39.3 Å². The standard InChI is InChI=1S/C20H27ClN2O3/c21-18-8-6-16(7-9-18)3-1-5-19(24)23-10-2-4-17(15-23)20(25)22-11-13-26-14-12-22/h6-9,17H,1-5,10-15H2. The molecule has 5 nitrogen and oxygen atoms in total. The first kappa shape index (κ1) is 19.2. The molecule has 1 aromatic rings. The number of likely N-dealkylation sites (tertiary alicyclic amines) is 1. The van der Waals surface area contributed by atoms with Crippen molar-refractivity contribution >= 4 is 23.4 Å². The van der Waals surface area contributed by atoms with Crippen LogP contribution in [-0.4, -0.2) is 61.0 Å². The van der Waals surface area contributed by atoms with Gasteiger partial charge in [0.25, 0.3) is 0 Å². The summed E-state index contributed by atoms with van der Waals surface area (Å²) in [5, 5.41) is 0.731. The summed E-state index contributed by atoms with van der Waals surface area (Å²) in [6.07, 6.45) is 4.00. The van der Waals surface area contributed by atoms with Crippen LogP contribution in [0.1, 0.15) is 31.2 Å². The lowest BCUT2D eigenvalue weighted by Crippen LogP contribution is -2.49. The molecule has 2 amide bonds. The Balaban J connectivity index is 1.45. The first-order valence-electron chi connectivity index (χ1n) is 9.52. The molecule has 1 atom stereocenters. The van der Waals surface area contributed by atoms with Crippen LogP contribution in [0.3, 0.4) is 0 Å². The highest BCUT2D eigenvalue weighted by molar-refractivity contribution is 6.30. The number of carbonyl (C=O) groups is 2. The zero-order chi connectivity index (χ0) is 18.4. The van der Waals surface area contributed by atoms with Gasteiger partial charge in [0.05, 0.1) is 19.1 Å². The first-order valence-corrected chi connectivity index (χ1v) is 9.90. The molecule has 0 N–H and O–H groups in total. The Morgan fingerprint density at radius 3 is 2.54 bits per heavy atom. The number of hydrogen-bond donors (Lipinski definition) is 0. The summed E-state index contributed by atoms with van der Waals surface area (Å²) in [6, 6.07) is 7.77. The van der Waals surface area contributed by atoms with Crippen molar-refractivity contribution in [2.24, 2.45) is 5.92 Å². The number of amides is 2. The summed E-state index contributed by atoms with van der Waals surface area (Å²) < 4.78 is 5.32. The molecule has 0 saturated carbocycles. The van der Waals surface area contributed by atoms with Gasteiger partial charge in [0.15, 0.2) is 0 Å². The zero-order valence-corrected chi connectivity index (χ0v) is 15.9. The van der Waals surface area contributed by atoms with E-state index in [-0.39, 0.29) is 17.7 Å². The summed E-state index contributed by atoms with van der Waals surface area (Å²) in [7, 11) is 0. The van der Waals surface area contributed by atoms with Crippen LogP contribution in [-0.2, 0) is 20.7 Å². The first-order chi connectivity index (χ1) is 12.6. The Morgan fingerprint density at radius 1 is 1.08 bits per heavy atom. The number of nitrogens with zero attached hydrogens (tertiary/aromatic N) is 2. The molecule has 2 heterocycles. The van der Waals surface area contributed by atoms with Crippen molar-refractivity contribution in [3.63, 3.8) is 0 Å². The molecule has 2 fully saturated rings. The molecule has 0 bridgehead atoms. The smallest absolute Gasteiger partial charge is 0.227 e. The number of morpholine rings is 1. The van der Waals surface area contributed by atoms with Crippen molar-refractivity contribution in [2.45, 2.75) is 32.1 Å². The predicted molar refractivity (Wildman–Crippen MR) is 101 cm³/mol. The number of ether oxygens (including phenoxy) is 1. The SMILES string of the molecule is O=C(CCCc1ccc(Cl)cc1)N1CCCC(C(=O)N2CCOCC2)C1. The van der Waals surface area contributed by atoms with Crippen LogP contribution < -0.4 is 0 Å². The summed E-state index contributed by atoms with van der Waals surface area (Å²) in [4.78, 5) is 29.0. The molecule has 1 aromatic carbocycles. The monoisotopic (exact) mass is 378 g/mol. The molecule has 2 aliphatic rings. The van der Waals surface area contributed by atoms with E-state index < -0.39 is 0 Å². The maximum absolute atomic E-state index is 12.7. The second-order valence-electron chi connectivity index (χ2n) is 7.10. The normalized spacial score (nSPS) is 20.9. The number of benzene rings is 1. The van der Waals surface area contributed by atoms with Crippen molar-refractivity contribution in [3.8, 4) is 0 Å². The molecule has 0 spiro atoms. The Bertz CT molecular complexity index is 614. The maximum atomic E-state index is 12.7. The van der Waals surface area contributed by atoms with Gasteiger partial charge in [-0.3, -0.25) is 9.59 Å². The van der Waals surface area contributed by atoms with E-state index in [0.717, 1.165) is 37.3 Å². The second-order valence-corrected chi connectivity index (χ2v) is 7.53. The van der Waals surface area contributed by atoms with E-state index in [2.05, 4.69) is 0 Å². The Labute approximate surface area is 160 Å². The minimum absolute atomic E-state index is 0.0536. The van der Waals surface area contributed by atoms with Crippen LogP contribution in [0.5, 0.6) is 0 Å². The van der Waals surface area contributed by atoms with E-state index in [1.807, 2.05) is 34.1 Å². The van der Waals surface area contributed by atoms with E-state index >= 15 is 0 Å². The molecule has 3 rings (SSSR count). The van der Waals surface area contributed by atoms with Gasteiger partial charge in [0.2, 0.25) is 11.8 Å². The average molecular weight is 379 g/mol. The van der Waals surface area contributed by atoms with Gasteiger partial charge in [0, 0.05) is 37.6 Å². The van der Waals surface area contributed by atoms with Crippen molar-refractivity contribution in [2.75, 3.05) is 39.4 Å². The number of halogens is 1. The summed E-state index contributed by atoms with van der Waals surface area (Å²) >= 11 is 5.89. The van der Waals surface area contributed by atoms with Crippen LogP contribution in [0, 0.1) is 5.92 Å².